The van der Waals surface area contributed by atoms with Crippen LogP contribution in [-0.4, -0.2) is 30.1 Å². The molecule has 3 aromatic rings. The first-order valence-electron chi connectivity index (χ1n) is 10.1. The van der Waals surface area contributed by atoms with Crippen LogP contribution in [0.3, 0.4) is 0 Å². The molecule has 0 radical (unpaired) electrons. The second-order valence-electron chi connectivity index (χ2n) is 6.99. The Labute approximate surface area is 191 Å². The number of hydrogen-bond acceptors (Lipinski definition) is 5. The molecule has 2 amide bonds. The molecule has 0 spiro atoms. The molecule has 6 nitrogen and oxygen atoms in total. The van der Waals surface area contributed by atoms with E-state index in [2.05, 4.69) is 10.6 Å². The molecule has 0 unspecified atom stereocenters. The molecule has 3 rings (SSSR count). The molecule has 0 aliphatic carbocycles. The average Bonchev–Trinajstić information content (AvgIpc) is 2.78. The number of aryl methyl sites for hydroxylation is 1. The van der Waals surface area contributed by atoms with Crippen molar-refractivity contribution < 1.29 is 19.1 Å². The Morgan fingerprint density at radius 2 is 1.59 bits per heavy atom. The van der Waals surface area contributed by atoms with Gasteiger partial charge in [-0.05, 0) is 68.4 Å². The molecular formula is C25H24N2O4S. The normalized spacial score (nSPS) is 10.3. The van der Waals surface area contributed by atoms with Crippen LogP contribution >= 0.6 is 11.8 Å². The van der Waals surface area contributed by atoms with Crippen molar-refractivity contribution in [2.24, 2.45) is 0 Å². The Hall–Kier alpha value is -3.58. The largest absolute Gasteiger partial charge is 0.462 e. The molecule has 0 aliphatic rings. The molecule has 0 heterocycles. The standard InChI is InChI=1S/C25H24N2O4S/c1-3-31-25(30)18-10-12-20(13-11-18)26-23(28)16-32-22-9-5-8-21(15-22)27-24(29)19-7-4-6-17(2)14-19/h4-15H,3,16H2,1-2H3,(H,26,28)(H,27,29). The number of hydrogen-bond donors (Lipinski definition) is 2. The molecule has 0 atom stereocenters. The van der Waals surface area contributed by atoms with Crippen LogP contribution in [0.4, 0.5) is 11.4 Å². The number of anilines is 2. The first kappa shape index (κ1) is 23.1. The van der Waals surface area contributed by atoms with Gasteiger partial charge in [0.15, 0.2) is 0 Å². The molecule has 0 bridgehead atoms. The summed E-state index contributed by atoms with van der Waals surface area (Å²) < 4.78 is 4.94. The number of esters is 1. The minimum Gasteiger partial charge on any atom is -0.462 e. The van der Waals surface area contributed by atoms with Gasteiger partial charge in [0, 0.05) is 21.8 Å². The van der Waals surface area contributed by atoms with Gasteiger partial charge in [0.1, 0.15) is 0 Å². The molecule has 3 aromatic carbocycles. The summed E-state index contributed by atoms with van der Waals surface area (Å²) in [5.74, 6) is -0.544. The topological polar surface area (TPSA) is 84.5 Å². The quantitative estimate of drug-likeness (QED) is 0.368. The van der Waals surface area contributed by atoms with Crippen LogP contribution in [-0.2, 0) is 9.53 Å². The van der Waals surface area contributed by atoms with Gasteiger partial charge in [0.2, 0.25) is 5.91 Å². The summed E-state index contributed by atoms with van der Waals surface area (Å²) in [5.41, 5.74) is 3.31. The minimum absolute atomic E-state index is 0.173. The van der Waals surface area contributed by atoms with Gasteiger partial charge < -0.3 is 15.4 Å². The zero-order valence-electron chi connectivity index (χ0n) is 17.9. The maximum Gasteiger partial charge on any atom is 0.338 e. The summed E-state index contributed by atoms with van der Waals surface area (Å²) in [7, 11) is 0. The predicted molar refractivity (Wildman–Crippen MR) is 127 cm³/mol. The van der Waals surface area contributed by atoms with Crippen LogP contribution in [0.5, 0.6) is 0 Å². The highest BCUT2D eigenvalue weighted by Crippen LogP contribution is 2.22. The molecule has 0 aliphatic heterocycles. The van der Waals surface area contributed by atoms with Crippen LogP contribution in [0.15, 0.2) is 77.7 Å². The van der Waals surface area contributed by atoms with E-state index in [0.29, 0.717) is 29.1 Å². The van der Waals surface area contributed by atoms with E-state index in [1.807, 2.05) is 49.4 Å². The van der Waals surface area contributed by atoms with Crippen molar-refractivity contribution in [3.63, 3.8) is 0 Å². The van der Waals surface area contributed by atoms with Crippen LogP contribution in [0.2, 0.25) is 0 Å². The lowest BCUT2D eigenvalue weighted by molar-refractivity contribution is -0.113. The summed E-state index contributed by atoms with van der Waals surface area (Å²) in [4.78, 5) is 37.3. The van der Waals surface area contributed by atoms with Gasteiger partial charge in [-0.1, -0.05) is 23.8 Å². The monoisotopic (exact) mass is 448 g/mol. The Balaban J connectivity index is 1.53. The van der Waals surface area contributed by atoms with Crippen LogP contribution < -0.4 is 10.6 Å². The summed E-state index contributed by atoms with van der Waals surface area (Å²) in [6.45, 7) is 4.00. The van der Waals surface area contributed by atoms with Gasteiger partial charge in [-0.15, -0.1) is 11.8 Å². The van der Waals surface area contributed by atoms with Gasteiger partial charge in [0.25, 0.3) is 5.91 Å². The molecule has 0 fully saturated rings. The third-order valence-corrected chi connectivity index (χ3v) is 5.42. The van der Waals surface area contributed by atoms with E-state index in [1.165, 1.54) is 11.8 Å². The lowest BCUT2D eigenvalue weighted by Crippen LogP contribution is -2.14. The zero-order chi connectivity index (χ0) is 22.9. The maximum atomic E-state index is 12.4. The van der Waals surface area contributed by atoms with Gasteiger partial charge in [0.05, 0.1) is 17.9 Å². The van der Waals surface area contributed by atoms with Crippen molar-refractivity contribution in [2.75, 3.05) is 23.0 Å². The lowest BCUT2D eigenvalue weighted by Gasteiger charge is -2.09. The lowest BCUT2D eigenvalue weighted by atomic mass is 10.1. The average molecular weight is 449 g/mol. The van der Waals surface area contributed by atoms with Gasteiger partial charge in [-0.3, -0.25) is 9.59 Å². The molecule has 164 valence electrons. The predicted octanol–water partition coefficient (Wildman–Crippen LogP) is 5.15. The fourth-order valence-electron chi connectivity index (χ4n) is 2.90. The van der Waals surface area contributed by atoms with Gasteiger partial charge in [-0.25, -0.2) is 4.79 Å². The SMILES string of the molecule is CCOC(=O)c1ccc(NC(=O)CSc2cccc(NC(=O)c3cccc(C)c3)c2)cc1. The van der Waals surface area contributed by atoms with Gasteiger partial charge >= 0.3 is 5.97 Å². The van der Waals surface area contributed by atoms with E-state index >= 15 is 0 Å². The number of benzene rings is 3. The van der Waals surface area contributed by atoms with Crippen LogP contribution in [0.25, 0.3) is 0 Å². The number of carbonyl (C=O) groups is 3. The van der Waals surface area contributed by atoms with Crippen molar-refractivity contribution in [3.05, 3.63) is 89.5 Å². The minimum atomic E-state index is -0.393. The molecule has 32 heavy (non-hydrogen) atoms. The molecule has 7 heteroatoms. The fraction of sp³-hybridized carbons (Fsp3) is 0.160. The highest BCUT2D eigenvalue weighted by Gasteiger charge is 2.09. The third kappa shape index (κ3) is 6.72. The summed E-state index contributed by atoms with van der Waals surface area (Å²) >= 11 is 1.36. The van der Waals surface area contributed by atoms with E-state index < -0.39 is 5.97 Å². The van der Waals surface area contributed by atoms with Gasteiger partial charge in [-0.2, -0.15) is 0 Å². The number of amides is 2. The zero-order valence-corrected chi connectivity index (χ0v) is 18.7. The molecule has 2 N–H and O–H groups in total. The van der Waals surface area contributed by atoms with Crippen molar-refractivity contribution in [2.45, 2.75) is 18.7 Å². The fourth-order valence-corrected chi connectivity index (χ4v) is 3.66. The van der Waals surface area contributed by atoms with E-state index in [1.54, 1.807) is 37.3 Å². The van der Waals surface area contributed by atoms with Crippen molar-refractivity contribution >= 4 is 40.9 Å². The summed E-state index contributed by atoms with van der Waals surface area (Å²) in [5, 5.41) is 5.69. The first-order valence-corrected chi connectivity index (χ1v) is 11.1. The Bertz CT molecular complexity index is 1110. The third-order valence-electron chi connectivity index (χ3n) is 4.42. The van der Waals surface area contributed by atoms with Crippen LogP contribution in [0, 0.1) is 6.92 Å². The van der Waals surface area contributed by atoms with E-state index in [0.717, 1.165) is 10.5 Å². The second-order valence-corrected chi connectivity index (χ2v) is 8.03. The molecule has 0 aromatic heterocycles. The molecule has 0 saturated carbocycles. The Kier molecular flexibility index (Phi) is 8.05. The number of ether oxygens (including phenoxy) is 1. The van der Waals surface area contributed by atoms with E-state index in [4.69, 9.17) is 4.74 Å². The highest BCUT2D eigenvalue weighted by molar-refractivity contribution is 8.00. The first-order chi connectivity index (χ1) is 15.4. The number of carbonyl (C=O) groups excluding carboxylic acids is 3. The maximum absolute atomic E-state index is 12.4. The number of thioether (sulfide) groups is 1. The van der Waals surface area contributed by atoms with E-state index in [9.17, 15) is 14.4 Å². The smallest absolute Gasteiger partial charge is 0.338 e. The molecule has 0 saturated heterocycles. The van der Waals surface area contributed by atoms with Crippen molar-refractivity contribution in [3.8, 4) is 0 Å². The second kappa shape index (κ2) is 11.2. The molecular weight excluding hydrogens is 424 g/mol. The van der Waals surface area contributed by atoms with E-state index in [-0.39, 0.29) is 17.6 Å². The van der Waals surface area contributed by atoms with Crippen molar-refractivity contribution in [1.29, 1.82) is 0 Å². The Morgan fingerprint density at radius 1 is 0.844 bits per heavy atom. The van der Waals surface area contributed by atoms with Crippen molar-refractivity contribution in [1.82, 2.24) is 0 Å². The van der Waals surface area contributed by atoms with Crippen LogP contribution in [0.1, 0.15) is 33.2 Å². The summed E-state index contributed by atoms with van der Waals surface area (Å²) in [6.07, 6.45) is 0. The summed E-state index contributed by atoms with van der Waals surface area (Å²) in [6, 6.07) is 21.3. The number of rotatable bonds is 8. The number of nitrogens with one attached hydrogen (secondary N) is 2. The highest BCUT2D eigenvalue weighted by atomic mass is 32.2. The Morgan fingerprint density at radius 3 is 2.31 bits per heavy atom.